The summed E-state index contributed by atoms with van der Waals surface area (Å²) in [5.41, 5.74) is -1.64. The fraction of sp³-hybridized carbons (Fsp3) is 0.619. The second kappa shape index (κ2) is 8.99. The van der Waals surface area contributed by atoms with Crippen molar-refractivity contribution in [1.29, 1.82) is 0 Å². The smallest absolute Gasteiger partial charge is 0.404 e. The zero-order chi connectivity index (χ0) is 20.1. The van der Waals surface area contributed by atoms with Crippen LogP contribution < -0.4 is 5.32 Å². The molecule has 7 heteroatoms. The van der Waals surface area contributed by atoms with E-state index in [4.69, 9.17) is 5.11 Å². The van der Waals surface area contributed by atoms with Gasteiger partial charge in [-0.2, -0.15) is 0 Å². The maximum Gasteiger partial charge on any atom is 0.404 e. The van der Waals surface area contributed by atoms with Gasteiger partial charge in [0.05, 0.1) is 0 Å². The van der Waals surface area contributed by atoms with E-state index in [0.717, 1.165) is 38.6 Å². The Labute approximate surface area is 164 Å². The van der Waals surface area contributed by atoms with Crippen molar-refractivity contribution in [1.82, 2.24) is 10.2 Å². The predicted molar refractivity (Wildman–Crippen MR) is 102 cm³/mol. The van der Waals surface area contributed by atoms with Crippen LogP contribution in [0.15, 0.2) is 24.3 Å². The van der Waals surface area contributed by atoms with Crippen LogP contribution in [-0.4, -0.2) is 53.2 Å². The number of hydrogen-bond donors (Lipinski definition) is 2. The van der Waals surface area contributed by atoms with E-state index in [9.17, 15) is 14.0 Å². The van der Waals surface area contributed by atoms with Gasteiger partial charge in [0.15, 0.2) is 11.5 Å². The van der Waals surface area contributed by atoms with Gasteiger partial charge in [-0.25, -0.2) is 13.6 Å². The van der Waals surface area contributed by atoms with E-state index in [1.54, 1.807) is 0 Å². The first kappa shape index (κ1) is 20.7. The molecule has 0 aromatic heterocycles. The molecular formula is C21H28F2N2O3. The molecule has 28 heavy (non-hydrogen) atoms. The first-order chi connectivity index (χ1) is 13.4. The van der Waals surface area contributed by atoms with Crippen molar-refractivity contribution in [3.05, 3.63) is 35.6 Å². The van der Waals surface area contributed by atoms with Gasteiger partial charge in [0.25, 0.3) is 0 Å². The van der Waals surface area contributed by atoms with Crippen LogP contribution >= 0.6 is 0 Å². The molecule has 1 amide bonds. The van der Waals surface area contributed by atoms with Crippen LogP contribution in [0.2, 0.25) is 0 Å². The van der Waals surface area contributed by atoms with E-state index in [1.165, 1.54) is 24.3 Å². The molecule has 0 radical (unpaired) electrons. The summed E-state index contributed by atoms with van der Waals surface area (Å²) in [6.07, 6.45) is 4.15. The van der Waals surface area contributed by atoms with E-state index >= 15 is 4.39 Å². The highest BCUT2D eigenvalue weighted by Gasteiger charge is 2.41. The Morgan fingerprint density at radius 2 is 1.71 bits per heavy atom. The number of piperidine rings is 1. The van der Waals surface area contributed by atoms with Gasteiger partial charge in [-0.05, 0) is 68.8 Å². The molecule has 1 aliphatic carbocycles. The quantitative estimate of drug-likeness (QED) is 0.715. The number of nitrogens with one attached hydrogen (secondary N) is 1. The number of alkyl halides is 1. The Kier molecular flexibility index (Phi) is 6.65. The van der Waals surface area contributed by atoms with Crippen LogP contribution in [0.25, 0.3) is 0 Å². The number of carboxylic acid groups (broad SMARTS) is 1. The fourth-order valence-corrected chi connectivity index (χ4v) is 4.35. The third kappa shape index (κ3) is 5.28. The molecule has 0 unspecified atom stereocenters. The van der Waals surface area contributed by atoms with Crippen molar-refractivity contribution < 1.29 is 23.5 Å². The minimum absolute atomic E-state index is 0.0633. The number of carbonyl (C=O) groups excluding carboxylic acids is 1. The number of ketones is 1. The summed E-state index contributed by atoms with van der Waals surface area (Å²) in [7, 11) is 0. The minimum atomic E-state index is -1.87. The van der Waals surface area contributed by atoms with Gasteiger partial charge in [-0.15, -0.1) is 0 Å². The van der Waals surface area contributed by atoms with Crippen molar-refractivity contribution in [3.63, 3.8) is 0 Å². The topological polar surface area (TPSA) is 69.6 Å². The predicted octanol–water partition coefficient (Wildman–Crippen LogP) is 4.03. The highest BCUT2D eigenvalue weighted by atomic mass is 19.1. The van der Waals surface area contributed by atoms with Gasteiger partial charge in [-0.3, -0.25) is 4.79 Å². The van der Waals surface area contributed by atoms with Crippen LogP contribution in [0, 0.1) is 11.7 Å². The number of Topliss-reactive ketones (excluding diaryl/α,β-unsaturated/α-hetero) is 1. The van der Waals surface area contributed by atoms with Gasteiger partial charge in [0, 0.05) is 37.5 Å². The molecule has 0 spiro atoms. The maximum atomic E-state index is 15.1. The summed E-state index contributed by atoms with van der Waals surface area (Å²) in [4.78, 5) is 25.4. The van der Waals surface area contributed by atoms with Crippen molar-refractivity contribution in [2.24, 2.45) is 5.92 Å². The average molecular weight is 394 g/mol. The molecular weight excluding hydrogens is 366 g/mol. The Bertz CT molecular complexity index is 679. The lowest BCUT2D eigenvalue weighted by Gasteiger charge is -2.36. The van der Waals surface area contributed by atoms with E-state index in [0.29, 0.717) is 19.0 Å². The molecule has 1 aliphatic heterocycles. The molecule has 3 rings (SSSR count). The normalized spacial score (nSPS) is 25.2. The number of amides is 1. The molecule has 0 atom stereocenters. The molecule has 2 aliphatic rings. The number of carbonyl (C=O) groups is 2. The van der Waals surface area contributed by atoms with Crippen molar-refractivity contribution >= 4 is 11.9 Å². The first-order valence-electron chi connectivity index (χ1n) is 10.1. The molecule has 2 fully saturated rings. The molecule has 0 bridgehead atoms. The number of nitrogens with zero attached hydrogens (tertiary/aromatic N) is 1. The van der Waals surface area contributed by atoms with E-state index in [2.05, 4.69) is 10.2 Å². The van der Waals surface area contributed by atoms with Crippen molar-refractivity contribution in [2.75, 3.05) is 19.6 Å². The summed E-state index contributed by atoms with van der Waals surface area (Å²) in [5, 5.41) is 11.3. The highest BCUT2D eigenvalue weighted by Crippen LogP contribution is 2.32. The van der Waals surface area contributed by atoms with Crippen LogP contribution in [0.3, 0.4) is 0 Å². The second-order valence-electron chi connectivity index (χ2n) is 8.10. The number of halogens is 2. The van der Waals surface area contributed by atoms with Gasteiger partial charge in [-0.1, -0.05) is 0 Å². The Morgan fingerprint density at radius 1 is 1.11 bits per heavy atom. The zero-order valence-corrected chi connectivity index (χ0v) is 16.0. The number of likely N-dealkylation sites (tertiary alicyclic amines) is 1. The highest BCUT2D eigenvalue weighted by molar-refractivity contribution is 6.02. The van der Waals surface area contributed by atoms with Gasteiger partial charge in [0.2, 0.25) is 0 Å². The number of rotatable bonds is 6. The molecule has 1 saturated carbocycles. The summed E-state index contributed by atoms with van der Waals surface area (Å²) >= 11 is 0. The maximum absolute atomic E-state index is 15.1. The summed E-state index contributed by atoms with van der Waals surface area (Å²) in [6, 6.07) is 5.13. The monoisotopic (exact) mass is 394 g/mol. The van der Waals surface area contributed by atoms with E-state index in [-0.39, 0.29) is 24.4 Å². The average Bonchev–Trinajstić information content (AvgIpc) is 2.68. The Morgan fingerprint density at radius 3 is 2.29 bits per heavy atom. The zero-order valence-electron chi connectivity index (χ0n) is 16.0. The van der Waals surface area contributed by atoms with Crippen molar-refractivity contribution in [2.45, 2.75) is 56.7 Å². The molecule has 1 saturated heterocycles. The largest absolute Gasteiger partial charge is 0.465 e. The second-order valence-corrected chi connectivity index (χ2v) is 8.10. The van der Waals surface area contributed by atoms with Gasteiger partial charge < -0.3 is 15.3 Å². The Balaban J connectivity index is 1.41. The number of hydrogen-bond acceptors (Lipinski definition) is 3. The molecule has 1 aromatic rings. The van der Waals surface area contributed by atoms with Crippen molar-refractivity contribution in [3.8, 4) is 0 Å². The third-order valence-corrected chi connectivity index (χ3v) is 6.19. The van der Waals surface area contributed by atoms with Crippen LogP contribution in [0.4, 0.5) is 13.6 Å². The lowest BCUT2D eigenvalue weighted by atomic mass is 9.83. The fourth-order valence-electron chi connectivity index (χ4n) is 4.35. The lowest BCUT2D eigenvalue weighted by molar-refractivity contribution is 0.0404. The summed E-state index contributed by atoms with van der Waals surface area (Å²) in [5.74, 6) is -0.409. The molecule has 5 nitrogen and oxygen atoms in total. The molecule has 1 heterocycles. The van der Waals surface area contributed by atoms with Gasteiger partial charge >= 0.3 is 6.09 Å². The third-order valence-electron chi connectivity index (χ3n) is 6.19. The van der Waals surface area contributed by atoms with E-state index < -0.39 is 23.4 Å². The van der Waals surface area contributed by atoms with Gasteiger partial charge in [0.1, 0.15) is 5.82 Å². The standard InChI is InChI=1S/C21H28F2N2O3/c22-17-5-3-16(4-6-17)19(26)21(23)10-13-25(14-11-21)12-9-15-1-7-18(8-2-15)24-20(27)28/h3-6,15,18,24H,1-2,7-14H2,(H,27,28). The number of benzene rings is 1. The first-order valence-corrected chi connectivity index (χ1v) is 10.1. The molecule has 2 N–H and O–H groups in total. The van der Waals surface area contributed by atoms with E-state index in [1.807, 2.05) is 0 Å². The van der Waals surface area contributed by atoms with Crippen LogP contribution in [0.5, 0.6) is 0 Å². The Hall–Kier alpha value is -2.02. The molecule has 1 aromatic carbocycles. The summed E-state index contributed by atoms with van der Waals surface area (Å²) < 4.78 is 28.2. The SMILES string of the molecule is O=C(O)NC1CCC(CCN2CCC(F)(C(=O)c3ccc(F)cc3)CC2)CC1. The minimum Gasteiger partial charge on any atom is -0.465 e. The van der Waals surface area contributed by atoms with Crippen LogP contribution in [-0.2, 0) is 0 Å². The molecule has 154 valence electrons. The summed E-state index contributed by atoms with van der Waals surface area (Å²) in [6.45, 7) is 1.96. The van der Waals surface area contributed by atoms with Crippen LogP contribution in [0.1, 0.15) is 55.3 Å². The lowest BCUT2D eigenvalue weighted by Crippen LogP contribution is -2.47.